The third-order valence-electron chi connectivity index (χ3n) is 3.75. The van der Waals surface area contributed by atoms with Gasteiger partial charge in [0.1, 0.15) is 5.75 Å². The highest BCUT2D eigenvalue weighted by Gasteiger charge is 2.11. The molecule has 1 heterocycles. The molecule has 0 aliphatic rings. The Labute approximate surface area is 172 Å². The maximum atomic E-state index is 12.0. The average molecular weight is 416 g/mol. The molecule has 0 atom stereocenters. The first kappa shape index (κ1) is 20.3. The van der Waals surface area contributed by atoms with Gasteiger partial charge in [0.2, 0.25) is 11.8 Å². The van der Waals surface area contributed by atoms with Crippen LogP contribution in [-0.4, -0.2) is 41.3 Å². The molecule has 0 spiro atoms. The lowest BCUT2D eigenvalue weighted by Crippen LogP contribution is -2.27. The SMILES string of the molecule is COc1ccc(-c2nnc(SCC(=O)NCCSCc3ccccc3)o2)cc1. The van der Waals surface area contributed by atoms with Gasteiger partial charge < -0.3 is 14.5 Å². The molecule has 0 aliphatic carbocycles. The summed E-state index contributed by atoms with van der Waals surface area (Å²) in [6, 6.07) is 17.6. The van der Waals surface area contributed by atoms with Crippen LogP contribution in [0.3, 0.4) is 0 Å². The van der Waals surface area contributed by atoms with Crippen molar-refractivity contribution in [1.29, 1.82) is 0 Å². The molecule has 3 aromatic rings. The minimum atomic E-state index is -0.0468. The van der Waals surface area contributed by atoms with Crippen LogP contribution >= 0.6 is 23.5 Å². The van der Waals surface area contributed by atoms with Crippen molar-refractivity contribution in [2.75, 3.05) is 25.2 Å². The van der Waals surface area contributed by atoms with Crippen LogP contribution in [0.15, 0.2) is 64.2 Å². The normalized spacial score (nSPS) is 10.6. The number of hydrogen-bond acceptors (Lipinski definition) is 7. The van der Waals surface area contributed by atoms with Crippen molar-refractivity contribution in [3.63, 3.8) is 0 Å². The van der Waals surface area contributed by atoms with E-state index in [4.69, 9.17) is 9.15 Å². The molecule has 2 aromatic carbocycles. The Morgan fingerprint density at radius 3 is 2.64 bits per heavy atom. The fraction of sp³-hybridized carbons (Fsp3) is 0.250. The van der Waals surface area contributed by atoms with Crippen molar-refractivity contribution in [2.24, 2.45) is 0 Å². The summed E-state index contributed by atoms with van der Waals surface area (Å²) < 4.78 is 10.7. The van der Waals surface area contributed by atoms with Gasteiger partial charge in [-0.05, 0) is 29.8 Å². The van der Waals surface area contributed by atoms with Gasteiger partial charge in [0.05, 0.1) is 12.9 Å². The molecule has 0 radical (unpaired) electrons. The molecule has 0 fully saturated rings. The van der Waals surface area contributed by atoms with Gasteiger partial charge in [0.15, 0.2) is 0 Å². The molecule has 146 valence electrons. The predicted octanol–water partition coefficient (Wildman–Crippen LogP) is 3.89. The Morgan fingerprint density at radius 1 is 1.11 bits per heavy atom. The van der Waals surface area contributed by atoms with Gasteiger partial charge in [-0.25, -0.2) is 0 Å². The molecular weight excluding hydrogens is 394 g/mol. The fourth-order valence-electron chi connectivity index (χ4n) is 2.32. The highest BCUT2D eigenvalue weighted by atomic mass is 32.2. The number of rotatable bonds is 10. The van der Waals surface area contributed by atoms with Gasteiger partial charge in [-0.3, -0.25) is 4.79 Å². The van der Waals surface area contributed by atoms with Crippen LogP contribution in [0, 0.1) is 0 Å². The van der Waals surface area contributed by atoms with Crippen molar-refractivity contribution < 1.29 is 13.9 Å². The zero-order valence-corrected chi connectivity index (χ0v) is 17.1. The van der Waals surface area contributed by atoms with E-state index in [0.717, 1.165) is 22.8 Å². The van der Waals surface area contributed by atoms with Gasteiger partial charge in [-0.1, -0.05) is 42.1 Å². The quantitative estimate of drug-likeness (QED) is 0.398. The van der Waals surface area contributed by atoms with Crippen molar-refractivity contribution in [3.8, 4) is 17.2 Å². The standard InChI is InChI=1S/C20H21N3O3S2/c1-25-17-9-7-16(8-10-17)19-22-23-20(26-19)28-14-18(24)21-11-12-27-13-15-5-3-2-4-6-15/h2-10H,11-14H2,1H3,(H,21,24). The van der Waals surface area contributed by atoms with Crippen LogP contribution in [0.1, 0.15) is 5.56 Å². The number of thioether (sulfide) groups is 2. The molecule has 28 heavy (non-hydrogen) atoms. The molecule has 1 aromatic heterocycles. The van der Waals surface area contributed by atoms with Crippen LogP contribution < -0.4 is 10.1 Å². The zero-order chi connectivity index (χ0) is 19.6. The van der Waals surface area contributed by atoms with Crippen molar-refractivity contribution in [1.82, 2.24) is 15.5 Å². The summed E-state index contributed by atoms with van der Waals surface area (Å²) >= 11 is 3.02. The lowest BCUT2D eigenvalue weighted by Gasteiger charge is -2.04. The maximum Gasteiger partial charge on any atom is 0.277 e. The summed E-state index contributed by atoms with van der Waals surface area (Å²) in [5.41, 5.74) is 2.10. The maximum absolute atomic E-state index is 12.0. The van der Waals surface area contributed by atoms with E-state index < -0.39 is 0 Å². The molecule has 8 heteroatoms. The lowest BCUT2D eigenvalue weighted by atomic mass is 10.2. The highest BCUT2D eigenvalue weighted by Crippen LogP contribution is 2.24. The van der Waals surface area contributed by atoms with Gasteiger partial charge in [-0.15, -0.1) is 10.2 Å². The second-order valence-corrected chi connectivity index (χ2v) is 7.81. The topological polar surface area (TPSA) is 77.2 Å². The first-order chi connectivity index (χ1) is 13.7. The smallest absolute Gasteiger partial charge is 0.277 e. The monoisotopic (exact) mass is 415 g/mol. The molecule has 0 saturated heterocycles. The van der Waals surface area contributed by atoms with Crippen LogP contribution in [0.25, 0.3) is 11.5 Å². The minimum absolute atomic E-state index is 0.0468. The molecule has 0 saturated carbocycles. The minimum Gasteiger partial charge on any atom is -0.497 e. The van der Waals surface area contributed by atoms with Crippen molar-refractivity contribution >= 4 is 29.4 Å². The van der Waals surface area contributed by atoms with Crippen LogP contribution in [0.5, 0.6) is 5.75 Å². The Balaban J connectivity index is 1.35. The average Bonchev–Trinajstić information content (AvgIpc) is 3.22. The Morgan fingerprint density at radius 2 is 1.89 bits per heavy atom. The number of carbonyl (C=O) groups is 1. The Bertz CT molecular complexity index is 870. The molecule has 0 unspecified atom stereocenters. The number of ether oxygens (including phenoxy) is 1. The first-order valence-corrected chi connectivity index (χ1v) is 10.9. The second kappa shape index (κ2) is 10.8. The molecule has 6 nitrogen and oxygen atoms in total. The van der Waals surface area contributed by atoms with Gasteiger partial charge in [-0.2, -0.15) is 11.8 Å². The van der Waals surface area contributed by atoms with Gasteiger partial charge in [0, 0.05) is 23.6 Å². The molecule has 1 N–H and O–H groups in total. The van der Waals surface area contributed by atoms with Gasteiger partial charge >= 0.3 is 0 Å². The largest absolute Gasteiger partial charge is 0.497 e. The van der Waals surface area contributed by atoms with Crippen LogP contribution in [0.4, 0.5) is 0 Å². The summed E-state index contributed by atoms with van der Waals surface area (Å²) in [4.78, 5) is 12.0. The van der Waals surface area contributed by atoms with Gasteiger partial charge in [0.25, 0.3) is 5.22 Å². The third-order valence-corrected chi connectivity index (χ3v) is 5.60. The number of carbonyl (C=O) groups excluding carboxylic acids is 1. The molecule has 0 aliphatic heterocycles. The fourth-order valence-corrected chi connectivity index (χ4v) is 3.74. The summed E-state index contributed by atoms with van der Waals surface area (Å²) in [5, 5.41) is 11.3. The summed E-state index contributed by atoms with van der Waals surface area (Å²) in [6.45, 7) is 0.637. The summed E-state index contributed by atoms with van der Waals surface area (Å²) in [7, 11) is 1.61. The molecule has 0 bridgehead atoms. The molecule has 3 rings (SSSR count). The summed E-state index contributed by atoms with van der Waals surface area (Å²) in [5.74, 6) is 3.19. The highest BCUT2D eigenvalue weighted by molar-refractivity contribution is 7.99. The van der Waals surface area contributed by atoms with E-state index in [2.05, 4.69) is 27.6 Å². The third kappa shape index (κ3) is 6.31. The van der Waals surface area contributed by atoms with Crippen LogP contribution in [-0.2, 0) is 10.5 Å². The van der Waals surface area contributed by atoms with E-state index >= 15 is 0 Å². The lowest BCUT2D eigenvalue weighted by molar-refractivity contribution is -0.118. The molecular formula is C20H21N3O3S2. The van der Waals surface area contributed by atoms with E-state index in [0.29, 0.717) is 17.7 Å². The number of aromatic nitrogens is 2. The van der Waals surface area contributed by atoms with E-state index in [1.807, 2.05) is 42.5 Å². The summed E-state index contributed by atoms with van der Waals surface area (Å²) in [6.07, 6.45) is 0. The van der Waals surface area contributed by atoms with E-state index in [9.17, 15) is 4.79 Å². The van der Waals surface area contributed by atoms with E-state index in [-0.39, 0.29) is 11.7 Å². The van der Waals surface area contributed by atoms with E-state index in [1.165, 1.54) is 17.3 Å². The second-order valence-electron chi connectivity index (χ2n) is 5.78. The van der Waals surface area contributed by atoms with Crippen molar-refractivity contribution in [2.45, 2.75) is 11.0 Å². The van der Waals surface area contributed by atoms with E-state index in [1.54, 1.807) is 18.9 Å². The first-order valence-electron chi connectivity index (χ1n) is 8.73. The number of nitrogens with one attached hydrogen (secondary N) is 1. The Hall–Kier alpha value is -2.45. The zero-order valence-electron chi connectivity index (χ0n) is 15.5. The number of benzene rings is 2. The number of amides is 1. The number of methoxy groups -OCH3 is 1. The number of hydrogen-bond donors (Lipinski definition) is 1. The Kier molecular flexibility index (Phi) is 7.81. The van der Waals surface area contributed by atoms with Crippen molar-refractivity contribution in [3.05, 3.63) is 60.2 Å². The molecule has 1 amide bonds. The predicted molar refractivity (Wildman–Crippen MR) is 113 cm³/mol. The number of nitrogens with zero attached hydrogens (tertiary/aromatic N) is 2. The van der Waals surface area contributed by atoms with Crippen LogP contribution in [0.2, 0.25) is 0 Å².